The van der Waals surface area contributed by atoms with Crippen molar-refractivity contribution in [1.82, 2.24) is 5.32 Å². The van der Waals surface area contributed by atoms with Gasteiger partial charge >= 0.3 is 0 Å². The maximum absolute atomic E-state index is 11.5. The third kappa shape index (κ3) is 1.47. The summed E-state index contributed by atoms with van der Waals surface area (Å²) < 4.78 is 0. The summed E-state index contributed by atoms with van der Waals surface area (Å²) in [5.41, 5.74) is 0. The molecule has 2 fully saturated rings. The molecular formula is C10H15NO2. The second-order valence-electron chi connectivity index (χ2n) is 4.10. The van der Waals surface area contributed by atoms with E-state index in [9.17, 15) is 9.59 Å². The zero-order chi connectivity index (χ0) is 9.26. The Balaban J connectivity index is 2.13. The lowest BCUT2D eigenvalue weighted by molar-refractivity contribution is -0.133. The summed E-state index contributed by atoms with van der Waals surface area (Å²) in [5.74, 6) is 0.698. The molecule has 3 atom stereocenters. The number of aldehydes is 1. The first-order valence-electron chi connectivity index (χ1n) is 5.06. The zero-order valence-corrected chi connectivity index (χ0v) is 7.66. The van der Waals surface area contributed by atoms with Crippen LogP contribution in [0.4, 0.5) is 0 Å². The van der Waals surface area contributed by atoms with Crippen LogP contribution in [0.3, 0.4) is 0 Å². The molecule has 3 nitrogen and oxygen atoms in total. The Morgan fingerprint density at radius 1 is 1.31 bits per heavy atom. The van der Waals surface area contributed by atoms with Crippen molar-refractivity contribution >= 4 is 12.2 Å². The normalized spacial score (nSPS) is 39.1. The molecule has 0 spiro atoms. The van der Waals surface area contributed by atoms with E-state index in [4.69, 9.17) is 0 Å². The number of amides is 1. The standard InChI is InChI=1S/C10H15NO2/c12-6-7-5-11-10(13)9-4-2-1-3-8(7)9/h6-9H,1-5H2,(H,11,13). The molecule has 0 radical (unpaired) electrons. The summed E-state index contributed by atoms with van der Waals surface area (Å²) in [6.07, 6.45) is 5.36. The van der Waals surface area contributed by atoms with Gasteiger partial charge < -0.3 is 10.1 Å². The molecule has 2 aliphatic rings. The summed E-state index contributed by atoms with van der Waals surface area (Å²) in [5, 5.41) is 2.81. The van der Waals surface area contributed by atoms with Crippen molar-refractivity contribution < 1.29 is 9.59 Å². The quantitative estimate of drug-likeness (QED) is 0.606. The number of nitrogens with one attached hydrogen (secondary N) is 1. The van der Waals surface area contributed by atoms with Crippen LogP contribution < -0.4 is 5.32 Å². The van der Waals surface area contributed by atoms with Gasteiger partial charge in [0.2, 0.25) is 5.91 Å². The summed E-state index contributed by atoms with van der Waals surface area (Å²) >= 11 is 0. The Morgan fingerprint density at radius 3 is 2.85 bits per heavy atom. The molecule has 3 heteroatoms. The van der Waals surface area contributed by atoms with Gasteiger partial charge in [-0.05, 0) is 18.8 Å². The van der Waals surface area contributed by atoms with Gasteiger partial charge in [-0.2, -0.15) is 0 Å². The number of carbonyl (C=O) groups excluding carboxylic acids is 2. The first kappa shape index (κ1) is 8.73. The number of piperidine rings is 1. The highest BCUT2D eigenvalue weighted by Crippen LogP contribution is 2.36. The average molecular weight is 181 g/mol. The van der Waals surface area contributed by atoms with Crippen molar-refractivity contribution in [3.8, 4) is 0 Å². The van der Waals surface area contributed by atoms with E-state index in [2.05, 4.69) is 5.32 Å². The van der Waals surface area contributed by atoms with Gasteiger partial charge in [0.1, 0.15) is 6.29 Å². The van der Waals surface area contributed by atoms with Crippen LogP contribution in [0.2, 0.25) is 0 Å². The minimum atomic E-state index is 0.0722. The van der Waals surface area contributed by atoms with Gasteiger partial charge in [0.05, 0.1) is 0 Å². The highest BCUT2D eigenvalue weighted by molar-refractivity contribution is 5.81. The third-order valence-electron chi connectivity index (χ3n) is 3.39. The lowest BCUT2D eigenvalue weighted by Gasteiger charge is -2.38. The third-order valence-corrected chi connectivity index (χ3v) is 3.39. The molecule has 1 saturated heterocycles. The van der Waals surface area contributed by atoms with Crippen LogP contribution in [0.25, 0.3) is 0 Å². The summed E-state index contributed by atoms with van der Waals surface area (Å²) in [7, 11) is 0. The summed E-state index contributed by atoms with van der Waals surface area (Å²) in [6.45, 7) is 0.559. The summed E-state index contributed by atoms with van der Waals surface area (Å²) in [4.78, 5) is 22.2. The number of hydrogen-bond acceptors (Lipinski definition) is 2. The molecule has 0 aromatic heterocycles. The number of rotatable bonds is 1. The van der Waals surface area contributed by atoms with Crippen LogP contribution in [-0.2, 0) is 9.59 Å². The molecule has 1 heterocycles. The SMILES string of the molecule is O=CC1CNC(=O)C2CCCCC12. The molecule has 13 heavy (non-hydrogen) atoms. The monoisotopic (exact) mass is 181 g/mol. The van der Waals surface area contributed by atoms with E-state index in [1.807, 2.05) is 0 Å². The van der Waals surface area contributed by atoms with Crippen LogP contribution in [0.1, 0.15) is 25.7 Å². The zero-order valence-electron chi connectivity index (χ0n) is 7.66. The molecule has 72 valence electrons. The van der Waals surface area contributed by atoms with Crippen molar-refractivity contribution in [2.45, 2.75) is 25.7 Å². The first-order valence-corrected chi connectivity index (χ1v) is 5.06. The number of carbonyl (C=O) groups is 2. The first-order chi connectivity index (χ1) is 6.33. The molecule has 3 unspecified atom stereocenters. The molecule has 1 N–H and O–H groups in total. The van der Waals surface area contributed by atoms with Crippen molar-refractivity contribution in [3.63, 3.8) is 0 Å². The Hall–Kier alpha value is -0.860. The number of hydrogen-bond donors (Lipinski definition) is 1. The Morgan fingerprint density at radius 2 is 2.08 bits per heavy atom. The van der Waals surface area contributed by atoms with Crippen molar-refractivity contribution in [2.75, 3.05) is 6.54 Å². The van der Waals surface area contributed by atoms with Gasteiger partial charge in [-0.25, -0.2) is 0 Å². The highest BCUT2D eigenvalue weighted by Gasteiger charge is 2.39. The highest BCUT2D eigenvalue weighted by atomic mass is 16.2. The van der Waals surface area contributed by atoms with Crippen LogP contribution in [-0.4, -0.2) is 18.7 Å². The number of fused-ring (bicyclic) bond motifs is 1. The van der Waals surface area contributed by atoms with Crippen molar-refractivity contribution in [3.05, 3.63) is 0 Å². The van der Waals surface area contributed by atoms with Crippen LogP contribution >= 0.6 is 0 Å². The van der Waals surface area contributed by atoms with E-state index in [0.717, 1.165) is 25.5 Å². The van der Waals surface area contributed by atoms with Gasteiger partial charge in [0.15, 0.2) is 0 Å². The summed E-state index contributed by atoms with van der Waals surface area (Å²) in [6, 6.07) is 0. The molecule has 1 saturated carbocycles. The Kier molecular flexibility index (Phi) is 2.34. The molecule has 1 aliphatic carbocycles. The second kappa shape index (κ2) is 3.48. The van der Waals surface area contributed by atoms with Gasteiger partial charge in [0.25, 0.3) is 0 Å². The Bertz CT molecular complexity index is 227. The topological polar surface area (TPSA) is 46.2 Å². The molecule has 1 aliphatic heterocycles. The molecule has 0 bridgehead atoms. The lowest BCUT2D eigenvalue weighted by Crippen LogP contribution is -2.49. The van der Waals surface area contributed by atoms with E-state index in [0.29, 0.717) is 12.5 Å². The fourth-order valence-electron chi connectivity index (χ4n) is 2.65. The van der Waals surface area contributed by atoms with Crippen LogP contribution in [0.5, 0.6) is 0 Å². The van der Waals surface area contributed by atoms with Crippen molar-refractivity contribution in [2.24, 2.45) is 17.8 Å². The van der Waals surface area contributed by atoms with Crippen LogP contribution in [0, 0.1) is 17.8 Å². The predicted molar refractivity (Wildman–Crippen MR) is 48.0 cm³/mol. The maximum atomic E-state index is 11.5. The fourth-order valence-corrected chi connectivity index (χ4v) is 2.65. The van der Waals surface area contributed by atoms with Gasteiger partial charge in [-0.1, -0.05) is 12.8 Å². The smallest absolute Gasteiger partial charge is 0.223 e. The molecule has 0 aromatic rings. The van der Waals surface area contributed by atoms with Gasteiger partial charge in [-0.3, -0.25) is 4.79 Å². The molecule has 0 aromatic carbocycles. The van der Waals surface area contributed by atoms with Crippen molar-refractivity contribution in [1.29, 1.82) is 0 Å². The van der Waals surface area contributed by atoms with Gasteiger partial charge in [0, 0.05) is 18.4 Å². The van der Waals surface area contributed by atoms with Crippen LogP contribution in [0.15, 0.2) is 0 Å². The fraction of sp³-hybridized carbons (Fsp3) is 0.800. The minimum absolute atomic E-state index is 0.0722. The Labute approximate surface area is 77.9 Å². The van der Waals surface area contributed by atoms with E-state index in [1.165, 1.54) is 6.42 Å². The maximum Gasteiger partial charge on any atom is 0.223 e. The predicted octanol–water partition coefficient (Wildman–Crippen LogP) is 0.738. The largest absolute Gasteiger partial charge is 0.355 e. The average Bonchev–Trinajstić information content (AvgIpc) is 2.19. The molecular weight excluding hydrogens is 166 g/mol. The van der Waals surface area contributed by atoms with E-state index in [-0.39, 0.29) is 17.7 Å². The second-order valence-corrected chi connectivity index (χ2v) is 4.10. The van der Waals surface area contributed by atoms with E-state index in [1.54, 1.807) is 0 Å². The van der Waals surface area contributed by atoms with E-state index < -0.39 is 0 Å². The van der Waals surface area contributed by atoms with Gasteiger partial charge in [-0.15, -0.1) is 0 Å². The van der Waals surface area contributed by atoms with E-state index >= 15 is 0 Å². The lowest BCUT2D eigenvalue weighted by atomic mass is 9.70. The minimum Gasteiger partial charge on any atom is -0.355 e. The molecule has 1 amide bonds. The molecule has 2 rings (SSSR count).